The molecule has 1 heterocycles. The number of ether oxygens (including phenoxy) is 1. The lowest BCUT2D eigenvalue weighted by molar-refractivity contribution is 0.414. The van der Waals surface area contributed by atoms with E-state index in [-0.39, 0.29) is 10.6 Å². The van der Waals surface area contributed by atoms with Crippen LogP contribution in [0.3, 0.4) is 0 Å². The van der Waals surface area contributed by atoms with Gasteiger partial charge in [0, 0.05) is 13.6 Å². The Bertz CT molecular complexity index is 683. The van der Waals surface area contributed by atoms with E-state index >= 15 is 0 Å². The van der Waals surface area contributed by atoms with Crippen LogP contribution in [0.2, 0.25) is 5.02 Å². The standard InChI is InChI=1S/C16H20ClN3O2/c1-11(12-4-6-13(22-3)7-5-12)8-9-18-14-10-19-20(2)16(21)15(14)17/h4-7,10-11,18H,8-9H2,1-3H3. The van der Waals surface area contributed by atoms with Crippen molar-refractivity contribution in [3.05, 3.63) is 51.4 Å². The van der Waals surface area contributed by atoms with Gasteiger partial charge in [-0.3, -0.25) is 4.79 Å². The van der Waals surface area contributed by atoms with Crippen LogP contribution < -0.4 is 15.6 Å². The molecule has 0 aliphatic rings. The molecule has 1 N–H and O–H groups in total. The second kappa shape index (κ2) is 7.31. The molecule has 22 heavy (non-hydrogen) atoms. The van der Waals surface area contributed by atoms with E-state index in [0.29, 0.717) is 18.2 Å². The van der Waals surface area contributed by atoms with Gasteiger partial charge in [0.1, 0.15) is 10.8 Å². The average molecular weight is 322 g/mol. The second-order valence-corrected chi connectivity index (χ2v) is 5.57. The first-order valence-corrected chi connectivity index (χ1v) is 7.50. The van der Waals surface area contributed by atoms with E-state index in [1.807, 2.05) is 12.1 Å². The van der Waals surface area contributed by atoms with Crippen LogP contribution in [-0.4, -0.2) is 23.4 Å². The summed E-state index contributed by atoms with van der Waals surface area (Å²) in [5.41, 5.74) is 1.53. The van der Waals surface area contributed by atoms with E-state index in [2.05, 4.69) is 29.5 Å². The molecular weight excluding hydrogens is 302 g/mol. The zero-order valence-electron chi connectivity index (χ0n) is 13.0. The normalized spacial score (nSPS) is 12.0. The van der Waals surface area contributed by atoms with Gasteiger partial charge in [-0.2, -0.15) is 5.10 Å². The summed E-state index contributed by atoms with van der Waals surface area (Å²) in [6.07, 6.45) is 2.49. The third kappa shape index (κ3) is 3.80. The van der Waals surface area contributed by atoms with E-state index in [1.54, 1.807) is 20.4 Å². The van der Waals surface area contributed by atoms with Crippen molar-refractivity contribution in [1.82, 2.24) is 9.78 Å². The largest absolute Gasteiger partial charge is 0.497 e. The number of benzene rings is 1. The number of halogens is 1. The minimum Gasteiger partial charge on any atom is -0.497 e. The maximum absolute atomic E-state index is 11.7. The van der Waals surface area contributed by atoms with Gasteiger partial charge in [0.15, 0.2) is 0 Å². The summed E-state index contributed by atoms with van der Waals surface area (Å²) in [6.45, 7) is 2.87. The molecule has 0 aliphatic heterocycles. The quantitative estimate of drug-likeness (QED) is 0.888. The summed E-state index contributed by atoms with van der Waals surface area (Å²) in [5.74, 6) is 1.24. The van der Waals surface area contributed by atoms with Crippen molar-refractivity contribution >= 4 is 17.3 Å². The molecule has 6 heteroatoms. The first-order chi connectivity index (χ1) is 10.5. The van der Waals surface area contributed by atoms with Gasteiger partial charge in [0.2, 0.25) is 0 Å². The summed E-state index contributed by atoms with van der Waals surface area (Å²) in [5, 5.41) is 7.31. The van der Waals surface area contributed by atoms with Crippen molar-refractivity contribution < 1.29 is 4.74 Å². The van der Waals surface area contributed by atoms with Gasteiger partial charge in [0.05, 0.1) is 19.0 Å². The number of aromatic nitrogens is 2. The number of aryl methyl sites for hydroxylation is 1. The van der Waals surface area contributed by atoms with Gasteiger partial charge in [-0.25, -0.2) is 4.68 Å². The zero-order valence-corrected chi connectivity index (χ0v) is 13.7. The molecule has 0 saturated heterocycles. The number of anilines is 1. The van der Waals surface area contributed by atoms with Crippen LogP contribution in [-0.2, 0) is 7.05 Å². The molecule has 5 nitrogen and oxygen atoms in total. The lowest BCUT2D eigenvalue weighted by Gasteiger charge is -2.14. The van der Waals surface area contributed by atoms with Gasteiger partial charge in [-0.1, -0.05) is 30.7 Å². The summed E-state index contributed by atoms with van der Waals surface area (Å²) in [7, 11) is 3.23. The molecule has 118 valence electrons. The number of hydrogen-bond donors (Lipinski definition) is 1. The van der Waals surface area contributed by atoms with Gasteiger partial charge in [-0.05, 0) is 30.0 Å². The fourth-order valence-electron chi connectivity index (χ4n) is 2.16. The van der Waals surface area contributed by atoms with Crippen LogP contribution >= 0.6 is 11.6 Å². The summed E-state index contributed by atoms with van der Waals surface area (Å²) >= 11 is 6.01. The minimum absolute atomic E-state index is 0.176. The minimum atomic E-state index is -0.296. The summed E-state index contributed by atoms with van der Waals surface area (Å²) < 4.78 is 6.37. The Morgan fingerprint density at radius 2 is 2.05 bits per heavy atom. The highest BCUT2D eigenvalue weighted by Gasteiger charge is 2.09. The monoisotopic (exact) mass is 321 g/mol. The van der Waals surface area contributed by atoms with Crippen molar-refractivity contribution in [3.63, 3.8) is 0 Å². The Hall–Kier alpha value is -2.01. The van der Waals surface area contributed by atoms with Crippen LogP contribution in [0.25, 0.3) is 0 Å². The number of nitrogens with one attached hydrogen (secondary N) is 1. The zero-order chi connectivity index (χ0) is 16.1. The third-order valence-electron chi connectivity index (χ3n) is 3.66. The van der Waals surface area contributed by atoms with Crippen molar-refractivity contribution in [3.8, 4) is 5.75 Å². The Labute approximate surface area is 134 Å². The number of methoxy groups -OCH3 is 1. The van der Waals surface area contributed by atoms with Crippen LogP contribution in [0.1, 0.15) is 24.8 Å². The predicted octanol–water partition coefficient (Wildman–Crippen LogP) is 3.05. The van der Waals surface area contributed by atoms with Gasteiger partial charge in [-0.15, -0.1) is 0 Å². The molecular formula is C16H20ClN3O2. The Morgan fingerprint density at radius 1 is 1.36 bits per heavy atom. The molecule has 0 spiro atoms. The fraction of sp³-hybridized carbons (Fsp3) is 0.375. The van der Waals surface area contributed by atoms with Crippen molar-refractivity contribution in [1.29, 1.82) is 0 Å². The molecule has 0 saturated carbocycles. The van der Waals surface area contributed by atoms with E-state index in [9.17, 15) is 4.79 Å². The molecule has 1 aromatic heterocycles. The van der Waals surface area contributed by atoms with Crippen molar-refractivity contribution in [2.45, 2.75) is 19.3 Å². The molecule has 0 radical (unpaired) electrons. The summed E-state index contributed by atoms with van der Waals surface area (Å²) in [4.78, 5) is 11.7. The molecule has 1 unspecified atom stereocenters. The SMILES string of the molecule is COc1ccc(C(C)CCNc2cnn(C)c(=O)c2Cl)cc1. The van der Waals surface area contributed by atoms with E-state index in [0.717, 1.165) is 12.2 Å². The lowest BCUT2D eigenvalue weighted by atomic mass is 9.98. The highest BCUT2D eigenvalue weighted by Crippen LogP contribution is 2.22. The first-order valence-electron chi connectivity index (χ1n) is 7.12. The highest BCUT2D eigenvalue weighted by atomic mass is 35.5. The summed E-state index contributed by atoms with van der Waals surface area (Å²) in [6, 6.07) is 8.05. The smallest absolute Gasteiger partial charge is 0.287 e. The Balaban J connectivity index is 1.93. The van der Waals surface area contributed by atoms with E-state index in [1.165, 1.54) is 10.2 Å². The van der Waals surface area contributed by atoms with E-state index in [4.69, 9.17) is 16.3 Å². The number of hydrogen-bond acceptors (Lipinski definition) is 4. The first kappa shape index (κ1) is 16.4. The van der Waals surface area contributed by atoms with Crippen LogP contribution in [0, 0.1) is 0 Å². The van der Waals surface area contributed by atoms with E-state index < -0.39 is 0 Å². The molecule has 0 aliphatic carbocycles. The van der Waals surface area contributed by atoms with Crippen LogP contribution in [0.15, 0.2) is 35.3 Å². The molecule has 1 atom stereocenters. The van der Waals surface area contributed by atoms with Crippen LogP contribution in [0.4, 0.5) is 5.69 Å². The van der Waals surface area contributed by atoms with Crippen molar-refractivity contribution in [2.24, 2.45) is 7.05 Å². The van der Waals surface area contributed by atoms with Gasteiger partial charge < -0.3 is 10.1 Å². The Kier molecular flexibility index (Phi) is 5.44. The molecule has 1 aromatic carbocycles. The van der Waals surface area contributed by atoms with Gasteiger partial charge in [0.25, 0.3) is 5.56 Å². The van der Waals surface area contributed by atoms with Gasteiger partial charge >= 0.3 is 0 Å². The topological polar surface area (TPSA) is 56.1 Å². The number of rotatable bonds is 6. The Morgan fingerprint density at radius 3 is 2.68 bits per heavy atom. The maximum Gasteiger partial charge on any atom is 0.287 e. The van der Waals surface area contributed by atoms with Crippen molar-refractivity contribution in [2.75, 3.05) is 19.0 Å². The molecule has 2 rings (SSSR count). The highest BCUT2D eigenvalue weighted by molar-refractivity contribution is 6.32. The number of nitrogens with zero attached hydrogens (tertiary/aromatic N) is 2. The predicted molar refractivity (Wildman–Crippen MR) is 89.0 cm³/mol. The second-order valence-electron chi connectivity index (χ2n) is 5.19. The fourth-order valence-corrected chi connectivity index (χ4v) is 2.39. The lowest BCUT2D eigenvalue weighted by Crippen LogP contribution is -2.21. The molecule has 0 amide bonds. The maximum atomic E-state index is 11.7. The molecule has 2 aromatic rings. The van der Waals surface area contributed by atoms with Crippen LogP contribution in [0.5, 0.6) is 5.75 Å². The average Bonchev–Trinajstić information content (AvgIpc) is 2.54. The molecule has 0 bridgehead atoms. The molecule has 0 fully saturated rings. The third-order valence-corrected chi connectivity index (χ3v) is 4.02.